The van der Waals surface area contributed by atoms with Crippen molar-refractivity contribution in [3.05, 3.63) is 42.1 Å². The van der Waals surface area contributed by atoms with Gasteiger partial charge in [0.05, 0.1) is 13.5 Å². The summed E-state index contributed by atoms with van der Waals surface area (Å²) in [6.07, 6.45) is -2.63. The minimum Gasteiger partial charge on any atom is -0.497 e. The van der Waals surface area contributed by atoms with E-state index in [9.17, 15) is 13.2 Å². The standard InChI is InChI=1S/C18H23F3N2O/c1-4-9-23(11-8-18(19,20)21)10-7-15-13(2)22-17-6-5-14(24-3)12-16(15)17/h4-6,12,22H,1,7-11H2,2-3H3. The number of methoxy groups -OCH3 is 1. The predicted molar refractivity (Wildman–Crippen MR) is 90.6 cm³/mol. The molecule has 0 aliphatic heterocycles. The highest BCUT2D eigenvalue weighted by Gasteiger charge is 2.27. The van der Waals surface area contributed by atoms with E-state index in [2.05, 4.69) is 11.6 Å². The lowest BCUT2D eigenvalue weighted by atomic mass is 10.1. The fraction of sp³-hybridized carbons (Fsp3) is 0.444. The van der Waals surface area contributed by atoms with Gasteiger partial charge in [-0.25, -0.2) is 0 Å². The number of nitrogens with zero attached hydrogens (tertiary/aromatic N) is 1. The van der Waals surface area contributed by atoms with Crippen molar-refractivity contribution in [1.29, 1.82) is 0 Å². The number of hydrogen-bond acceptors (Lipinski definition) is 2. The van der Waals surface area contributed by atoms with Crippen molar-refractivity contribution in [1.82, 2.24) is 9.88 Å². The number of nitrogens with one attached hydrogen (secondary N) is 1. The Morgan fingerprint density at radius 3 is 2.67 bits per heavy atom. The van der Waals surface area contributed by atoms with Crippen molar-refractivity contribution in [2.24, 2.45) is 0 Å². The number of benzene rings is 1. The number of halogens is 3. The van der Waals surface area contributed by atoms with Gasteiger partial charge in [0.1, 0.15) is 5.75 Å². The molecule has 1 aromatic carbocycles. The van der Waals surface area contributed by atoms with Crippen LogP contribution in [0.15, 0.2) is 30.9 Å². The second-order valence-corrected chi connectivity index (χ2v) is 5.84. The minimum absolute atomic E-state index is 0.0136. The molecule has 1 heterocycles. The molecule has 0 spiro atoms. The minimum atomic E-state index is -4.14. The Morgan fingerprint density at radius 2 is 2.04 bits per heavy atom. The van der Waals surface area contributed by atoms with Crippen molar-refractivity contribution in [2.45, 2.75) is 25.9 Å². The Kier molecular flexibility index (Phi) is 5.94. The van der Waals surface area contributed by atoms with Crippen LogP contribution in [0.2, 0.25) is 0 Å². The zero-order valence-electron chi connectivity index (χ0n) is 14.0. The molecule has 0 aliphatic carbocycles. The summed E-state index contributed by atoms with van der Waals surface area (Å²) in [6, 6.07) is 5.80. The van der Waals surface area contributed by atoms with Crippen molar-refractivity contribution in [3.63, 3.8) is 0 Å². The summed E-state index contributed by atoms with van der Waals surface area (Å²) in [5.74, 6) is 0.766. The van der Waals surface area contributed by atoms with Gasteiger partial charge in [0.15, 0.2) is 0 Å². The molecule has 0 saturated heterocycles. The van der Waals surface area contributed by atoms with Crippen LogP contribution in [-0.4, -0.2) is 42.8 Å². The molecular formula is C18H23F3N2O. The van der Waals surface area contributed by atoms with E-state index in [4.69, 9.17) is 4.74 Å². The van der Waals surface area contributed by atoms with Crippen LogP contribution in [0.25, 0.3) is 10.9 Å². The van der Waals surface area contributed by atoms with Crippen LogP contribution < -0.4 is 4.74 Å². The molecule has 24 heavy (non-hydrogen) atoms. The lowest BCUT2D eigenvalue weighted by Gasteiger charge is -2.21. The summed E-state index contributed by atoms with van der Waals surface area (Å²) in [7, 11) is 1.61. The maximum absolute atomic E-state index is 12.5. The van der Waals surface area contributed by atoms with Crippen molar-refractivity contribution >= 4 is 10.9 Å². The first-order chi connectivity index (χ1) is 11.3. The van der Waals surface area contributed by atoms with Gasteiger partial charge in [-0.15, -0.1) is 6.58 Å². The second kappa shape index (κ2) is 7.75. The molecule has 0 amide bonds. The fourth-order valence-corrected chi connectivity index (χ4v) is 2.84. The van der Waals surface area contributed by atoms with Crippen molar-refractivity contribution < 1.29 is 17.9 Å². The topological polar surface area (TPSA) is 28.3 Å². The van der Waals surface area contributed by atoms with Crippen LogP contribution in [0.1, 0.15) is 17.7 Å². The van der Waals surface area contributed by atoms with E-state index in [1.807, 2.05) is 25.1 Å². The van der Waals surface area contributed by atoms with E-state index < -0.39 is 12.6 Å². The van der Waals surface area contributed by atoms with Gasteiger partial charge in [0.25, 0.3) is 0 Å². The van der Waals surface area contributed by atoms with Crippen LogP contribution in [-0.2, 0) is 6.42 Å². The first-order valence-electron chi connectivity index (χ1n) is 7.89. The number of aromatic nitrogens is 1. The summed E-state index contributed by atoms with van der Waals surface area (Å²) in [4.78, 5) is 5.09. The first kappa shape index (κ1) is 18.4. The van der Waals surface area contributed by atoms with Gasteiger partial charge in [0.2, 0.25) is 0 Å². The normalized spacial score (nSPS) is 12.1. The van der Waals surface area contributed by atoms with E-state index in [0.29, 0.717) is 19.5 Å². The molecule has 0 saturated carbocycles. The molecule has 0 atom stereocenters. The van der Waals surface area contributed by atoms with Gasteiger partial charge in [0, 0.05) is 36.2 Å². The summed E-state index contributed by atoms with van der Waals surface area (Å²) in [5.41, 5.74) is 3.16. The Labute approximate surface area is 140 Å². The molecule has 0 aliphatic rings. The van der Waals surface area contributed by atoms with Gasteiger partial charge in [-0.3, -0.25) is 4.90 Å². The maximum Gasteiger partial charge on any atom is 0.390 e. The number of ether oxygens (including phenoxy) is 1. The first-order valence-corrected chi connectivity index (χ1v) is 7.89. The number of H-pyrrole nitrogens is 1. The fourth-order valence-electron chi connectivity index (χ4n) is 2.84. The van der Waals surface area contributed by atoms with Crippen LogP contribution in [0.5, 0.6) is 5.75 Å². The van der Waals surface area contributed by atoms with Gasteiger partial charge < -0.3 is 9.72 Å². The third-order valence-corrected chi connectivity index (χ3v) is 4.10. The van der Waals surface area contributed by atoms with Crippen molar-refractivity contribution in [2.75, 3.05) is 26.7 Å². The number of aromatic amines is 1. The Balaban J connectivity index is 2.12. The lowest BCUT2D eigenvalue weighted by molar-refractivity contribution is -0.137. The largest absolute Gasteiger partial charge is 0.497 e. The Hall–Kier alpha value is -1.95. The molecule has 1 N–H and O–H groups in total. The smallest absolute Gasteiger partial charge is 0.390 e. The maximum atomic E-state index is 12.5. The van der Waals surface area contributed by atoms with Crippen LogP contribution in [0.4, 0.5) is 13.2 Å². The van der Waals surface area contributed by atoms with Gasteiger partial charge >= 0.3 is 6.18 Å². The number of fused-ring (bicyclic) bond motifs is 1. The number of aryl methyl sites for hydroxylation is 1. The van der Waals surface area contributed by atoms with Gasteiger partial charge in [-0.05, 0) is 37.1 Å². The number of rotatable bonds is 8. The van der Waals surface area contributed by atoms with E-state index in [1.165, 1.54) is 0 Å². The molecule has 6 heteroatoms. The quantitative estimate of drug-likeness (QED) is 0.718. The van der Waals surface area contributed by atoms with Crippen LogP contribution >= 0.6 is 0 Å². The SMILES string of the molecule is C=CCN(CCc1c(C)[nH]c2ccc(OC)cc12)CCC(F)(F)F. The monoisotopic (exact) mass is 340 g/mol. The predicted octanol–water partition coefficient (Wildman–Crippen LogP) is 4.47. The van der Waals surface area contributed by atoms with Gasteiger partial charge in [-0.1, -0.05) is 6.08 Å². The second-order valence-electron chi connectivity index (χ2n) is 5.84. The number of alkyl halides is 3. The Bertz CT molecular complexity index is 691. The number of hydrogen-bond donors (Lipinski definition) is 1. The third-order valence-electron chi connectivity index (χ3n) is 4.10. The van der Waals surface area contributed by atoms with Crippen molar-refractivity contribution in [3.8, 4) is 5.75 Å². The van der Waals surface area contributed by atoms with Crippen LogP contribution in [0.3, 0.4) is 0 Å². The zero-order chi connectivity index (χ0) is 17.7. The summed E-state index contributed by atoms with van der Waals surface area (Å²) < 4.78 is 42.6. The molecule has 1 aromatic heterocycles. The summed E-state index contributed by atoms with van der Waals surface area (Å²) in [5, 5.41) is 1.06. The summed E-state index contributed by atoms with van der Waals surface area (Å²) >= 11 is 0. The zero-order valence-corrected chi connectivity index (χ0v) is 14.0. The van der Waals surface area contributed by atoms with E-state index in [1.54, 1.807) is 18.1 Å². The van der Waals surface area contributed by atoms with Gasteiger partial charge in [-0.2, -0.15) is 13.2 Å². The molecule has 0 unspecified atom stereocenters. The molecular weight excluding hydrogens is 317 g/mol. The molecule has 3 nitrogen and oxygen atoms in total. The highest BCUT2D eigenvalue weighted by molar-refractivity contribution is 5.86. The van der Waals surface area contributed by atoms with E-state index in [-0.39, 0.29) is 6.54 Å². The van der Waals surface area contributed by atoms with E-state index >= 15 is 0 Å². The Morgan fingerprint density at radius 1 is 1.29 bits per heavy atom. The molecule has 2 rings (SSSR count). The molecule has 0 bridgehead atoms. The summed E-state index contributed by atoms with van der Waals surface area (Å²) in [6.45, 7) is 6.60. The average molecular weight is 340 g/mol. The molecule has 2 aromatic rings. The lowest BCUT2D eigenvalue weighted by Crippen LogP contribution is -2.30. The molecule has 132 valence electrons. The molecule has 0 radical (unpaired) electrons. The molecule has 0 fully saturated rings. The highest BCUT2D eigenvalue weighted by atomic mass is 19.4. The third kappa shape index (κ3) is 4.77. The van der Waals surface area contributed by atoms with E-state index in [0.717, 1.165) is 27.9 Å². The average Bonchev–Trinajstić information content (AvgIpc) is 2.83. The van der Waals surface area contributed by atoms with Crippen LogP contribution in [0, 0.1) is 6.92 Å². The highest BCUT2D eigenvalue weighted by Crippen LogP contribution is 2.27.